The molecule has 0 radical (unpaired) electrons. The fraction of sp³-hybridized carbons (Fsp3) is 0.182. The molecule has 2 aromatic carbocycles. The summed E-state index contributed by atoms with van der Waals surface area (Å²) < 4.78 is 38.5. The molecule has 0 fully saturated rings. The summed E-state index contributed by atoms with van der Waals surface area (Å²) in [5.41, 5.74) is -0.127. The van der Waals surface area contributed by atoms with Crippen molar-refractivity contribution in [3.05, 3.63) is 82.0 Å². The standard InChI is InChI=1S/C22H19F3N2O2S/c23-22(24,25)16-6-2-8-18(14-16)27-21(29)15-5-1-7-17(13-15)26-20(28)11-3-9-19-10-4-12-30-19/h1-2,4-8,10,12-14H,3,9,11H2,(H,26,28)(H,27,29). The number of benzene rings is 2. The molecule has 4 nitrogen and oxygen atoms in total. The van der Waals surface area contributed by atoms with Gasteiger partial charge in [-0.05, 0) is 60.7 Å². The number of halogens is 3. The molecule has 0 unspecified atom stereocenters. The van der Waals surface area contributed by atoms with Gasteiger partial charge in [0.15, 0.2) is 0 Å². The molecule has 0 saturated carbocycles. The second-order valence-electron chi connectivity index (χ2n) is 6.59. The molecule has 156 valence electrons. The maximum atomic E-state index is 12.8. The van der Waals surface area contributed by atoms with Crippen LogP contribution in [0, 0.1) is 0 Å². The molecular formula is C22H19F3N2O2S. The summed E-state index contributed by atoms with van der Waals surface area (Å²) in [4.78, 5) is 25.8. The van der Waals surface area contributed by atoms with Crippen molar-refractivity contribution in [3.8, 4) is 0 Å². The summed E-state index contributed by atoms with van der Waals surface area (Å²) in [7, 11) is 0. The van der Waals surface area contributed by atoms with Crippen LogP contribution in [0.25, 0.3) is 0 Å². The van der Waals surface area contributed by atoms with Gasteiger partial charge in [-0.15, -0.1) is 11.3 Å². The molecule has 3 rings (SSSR count). The maximum Gasteiger partial charge on any atom is 0.416 e. The third-order valence-corrected chi connectivity index (χ3v) is 5.20. The van der Waals surface area contributed by atoms with Crippen LogP contribution in [0.5, 0.6) is 0 Å². The first-order chi connectivity index (χ1) is 14.3. The number of thiophene rings is 1. The van der Waals surface area contributed by atoms with Gasteiger partial charge in [0.2, 0.25) is 5.91 Å². The normalized spacial score (nSPS) is 11.2. The summed E-state index contributed by atoms with van der Waals surface area (Å²) in [6.07, 6.45) is -2.61. The molecule has 30 heavy (non-hydrogen) atoms. The molecule has 1 heterocycles. The molecule has 0 aliphatic rings. The van der Waals surface area contributed by atoms with Crippen molar-refractivity contribution in [2.24, 2.45) is 0 Å². The van der Waals surface area contributed by atoms with E-state index in [9.17, 15) is 22.8 Å². The molecule has 8 heteroatoms. The quantitative estimate of drug-likeness (QED) is 0.482. The number of nitrogens with one attached hydrogen (secondary N) is 2. The number of hydrogen-bond donors (Lipinski definition) is 2. The van der Waals surface area contributed by atoms with Gasteiger partial charge in [-0.25, -0.2) is 0 Å². The minimum absolute atomic E-state index is 0.0397. The van der Waals surface area contributed by atoms with E-state index in [1.807, 2.05) is 17.5 Å². The minimum Gasteiger partial charge on any atom is -0.326 e. The molecule has 3 aromatic rings. The Labute approximate surface area is 175 Å². The van der Waals surface area contributed by atoms with Crippen molar-refractivity contribution in [2.45, 2.75) is 25.4 Å². The maximum absolute atomic E-state index is 12.8. The van der Waals surface area contributed by atoms with E-state index in [0.717, 1.165) is 18.6 Å². The van der Waals surface area contributed by atoms with E-state index in [1.165, 1.54) is 29.1 Å². The number of aryl methyl sites for hydroxylation is 1. The third kappa shape index (κ3) is 6.18. The molecule has 0 spiro atoms. The Hall–Kier alpha value is -3.13. The zero-order chi connectivity index (χ0) is 21.6. The van der Waals surface area contributed by atoms with Crippen LogP contribution in [0.1, 0.15) is 33.6 Å². The van der Waals surface area contributed by atoms with Crippen LogP contribution in [-0.2, 0) is 17.4 Å². The van der Waals surface area contributed by atoms with E-state index in [4.69, 9.17) is 0 Å². The van der Waals surface area contributed by atoms with Crippen LogP contribution in [0.15, 0.2) is 66.0 Å². The highest BCUT2D eigenvalue weighted by atomic mass is 32.1. The predicted octanol–water partition coefficient (Wildman–Crippen LogP) is 5.98. The lowest BCUT2D eigenvalue weighted by atomic mass is 10.1. The average Bonchev–Trinajstić information content (AvgIpc) is 3.21. The molecule has 0 aliphatic carbocycles. The Balaban J connectivity index is 1.57. The summed E-state index contributed by atoms with van der Waals surface area (Å²) in [6, 6.07) is 14.7. The number of carbonyl (C=O) groups is 2. The monoisotopic (exact) mass is 432 g/mol. The number of anilines is 2. The van der Waals surface area contributed by atoms with E-state index in [0.29, 0.717) is 18.5 Å². The summed E-state index contributed by atoms with van der Waals surface area (Å²) in [5.74, 6) is -0.731. The van der Waals surface area contributed by atoms with Gasteiger partial charge in [-0.3, -0.25) is 9.59 Å². The topological polar surface area (TPSA) is 58.2 Å². The zero-order valence-corrected chi connectivity index (χ0v) is 16.6. The number of alkyl halides is 3. The molecule has 2 amide bonds. The van der Waals surface area contributed by atoms with Gasteiger partial charge in [-0.2, -0.15) is 13.2 Å². The molecule has 0 saturated heterocycles. The second kappa shape index (κ2) is 9.58. The largest absolute Gasteiger partial charge is 0.416 e. The zero-order valence-electron chi connectivity index (χ0n) is 15.8. The number of hydrogen-bond acceptors (Lipinski definition) is 3. The lowest BCUT2D eigenvalue weighted by molar-refractivity contribution is -0.137. The lowest BCUT2D eigenvalue weighted by Crippen LogP contribution is -2.15. The van der Waals surface area contributed by atoms with Crippen LogP contribution in [0.4, 0.5) is 24.5 Å². The second-order valence-corrected chi connectivity index (χ2v) is 7.63. The highest BCUT2D eigenvalue weighted by molar-refractivity contribution is 7.09. The average molecular weight is 432 g/mol. The molecule has 1 aromatic heterocycles. The fourth-order valence-electron chi connectivity index (χ4n) is 2.82. The van der Waals surface area contributed by atoms with Crippen LogP contribution in [-0.4, -0.2) is 11.8 Å². The first-order valence-corrected chi connectivity index (χ1v) is 10.1. The minimum atomic E-state index is -4.49. The smallest absolute Gasteiger partial charge is 0.326 e. The highest BCUT2D eigenvalue weighted by Crippen LogP contribution is 2.30. The number of rotatable bonds is 7. The van der Waals surface area contributed by atoms with Crippen LogP contribution >= 0.6 is 11.3 Å². The van der Waals surface area contributed by atoms with E-state index < -0.39 is 17.6 Å². The van der Waals surface area contributed by atoms with Crippen molar-refractivity contribution in [1.82, 2.24) is 0 Å². The van der Waals surface area contributed by atoms with Crippen LogP contribution in [0.2, 0.25) is 0 Å². The van der Waals surface area contributed by atoms with Crippen molar-refractivity contribution in [2.75, 3.05) is 10.6 Å². The number of carbonyl (C=O) groups excluding carboxylic acids is 2. The Morgan fingerprint density at radius 2 is 1.63 bits per heavy atom. The Morgan fingerprint density at radius 3 is 2.33 bits per heavy atom. The van der Waals surface area contributed by atoms with Crippen molar-refractivity contribution >= 4 is 34.5 Å². The number of amides is 2. The molecule has 0 bridgehead atoms. The van der Waals surface area contributed by atoms with Gasteiger partial charge in [0, 0.05) is 28.2 Å². The first kappa shape index (κ1) is 21.6. The van der Waals surface area contributed by atoms with Gasteiger partial charge in [0.25, 0.3) is 5.91 Å². The van der Waals surface area contributed by atoms with Crippen molar-refractivity contribution < 1.29 is 22.8 Å². The van der Waals surface area contributed by atoms with Crippen molar-refractivity contribution in [1.29, 1.82) is 0 Å². The van der Waals surface area contributed by atoms with Crippen LogP contribution < -0.4 is 10.6 Å². The summed E-state index contributed by atoms with van der Waals surface area (Å²) in [6.45, 7) is 0. The predicted molar refractivity (Wildman–Crippen MR) is 112 cm³/mol. The molecule has 2 N–H and O–H groups in total. The van der Waals surface area contributed by atoms with Gasteiger partial charge < -0.3 is 10.6 Å². The Morgan fingerprint density at radius 1 is 0.900 bits per heavy atom. The van der Waals surface area contributed by atoms with E-state index >= 15 is 0 Å². The fourth-order valence-corrected chi connectivity index (χ4v) is 3.57. The van der Waals surface area contributed by atoms with E-state index in [2.05, 4.69) is 10.6 Å². The van der Waals surface area contributed by atoms with Gasteiger partial charge in [-0.1, -0.05) is 18.2 Å². The molecule has 0 atom stereocenters. The Bertz CT molecular complexity index is 1020. The molecule has 0 aliphatic heterocycles. The SMILES string of the molecule is O=C(CCCc1cccs1)Nc1cccc(C(=O)Nc2cccc(C(F)(F)F)c2)c1. The van der Waals surface area contributed by atoms with E-state index in [1.54, 1.807) is 23.5 Å². The van der Waals surface area contributed by atoms with Gasteiger partial charge >= 0.3 is 6.18 Å². The van der Waals surface area contributed by atoms with Gasteiger partial charge in [0.1, 0.15) is 0 Å². The van der Waals surface area contributed by atoms with Crippen LogP contribution in [0.3, 0.4) is 0 Å². The highest BCUT2D eigenvalue weighted by Gasteiger charge is 2.30. The van der Waals surface area contributed by atoms with Crippen molar-refractivity contribution in [3.63, 3.8) is 0 Å². The van der Waals surface area contributed by atoms with E-state index in [-0.39, 0.29) is 17.2 Å². The Kier molecular flexibility index (Phi) is 6.89. The van der Waals surface area contributed by atoms with Gasteiger partial charge in [0.05, 0.1) is 5.56 Å². The molecular weight excluding hydrogens is 413 g/mol. The summed E-state index contributed by atoms with van der Waals surface area (Å²) >= 11 is 1.65. The summed E-state index contributed by atoms with van der Waals surface area (Å²) in [5, 5.41) is 7.19. The first-order valence-electron chi connectivity index (χ1n) is 9.22. The third-order valence-electron chi connectivity index (χ3n) is 4.26. The lowest BCUT2D eigenvalue weighted by Gasteiger charge is -2.11.